The van der Waals surface area contributed by atoms with Gasteiger partial charge in [0.15, 0.2) is 0 Å². The topological polar surface area (TPSA) is 29.1 Å². The van der Waals surface area contributed by atoms with Gasteiger partial charge in [-0.05, 0) is 42.2 Å². The van der Waals surface area contributed by atoms with E-state index in [1.807, 2.05) is 25.1 Å². The van der Waals surface area contributed by atoms with Gasteiger partial charge in [-0.3, -0.25) is 4.79 Å². The van der Waals surface area contributed by atoms with Gasteiger partial charge in [-0.15, -0.1) is 0 Å². The van der Waals surface area contributed by atoms with Crippen LogP contribution in [0.15, 0.2) is 54.6 Å². The van der Waals surface area contributed by atoms with E-state index >= 15 is 0 Å². The van der Waals surface area contributed by atoms with Crippen LogP contribution in [0.2, 0.25) is 5.02 Å². The first-order valence-electron chi connectivity index (χ1n) is 7.42. The van der Waals surface area contributed by atoms with Gasteiger partial charge in [0.2, 0.25) is 5.91 Å². The molecule has 2 rings (SSSR count). The Hall–Kier alpha value is -2.06. The lowest BCUT2D eigenvalue weighted by atomic mass is 10.0. The Kier molecular flexibility index (Phi) is 5.79. The van der Waals surface area contributed by atoms with E-state index in [0.717, 1.165) is 17.5 Å². The summed E-state index contributed by atoms with van der Waals surface area (Å²) in [5.41, 5.74) is 3.22. The Morgan fingerprint density at radius 3 is 2.50 bits per heavy atom. The van der Waals surface area contributed by atoms with Crippen molar-refractivity contribution >= 4 is 23.6 Å². The van der Waals surface area contributed by atoms with Crippen LogP contribution < -0.4 is 5.32 Å². The SMILES string of the molecule is CCc1ccc([C@H](C)NC(=O)/C=C/c2ccccc2Cl)cc1. The maximum absolute atomic E-state index is 12.0. The van der Waals surface area contributed by atoms with Crippen molar-refractivity contribution < 1.29 is 4.79 Å². The van der Waals surface area contributed by atoms with Crippen LogP contribution in [0.4, 0.5) is 0 Å². The molecule has 0 heterocycles. The van der Waals surface area contributed by atoms with Gasteiger partial charge in [-0.25, -0.2) is 0 Å². The minimum atomic E-state index is -0.132. The zero-order valence-electron chi connectivity index (χ0n) is 12.8. The number of carbonyl (C=O) groups excluding carboxylic acids is 1. The summed E-state index contributed by atoms with van der Waals surface area (Å²) in [6, 6.07) is 15.7. The first-order chi connectivity index (χ1) is 10.6. The second-order valence-corrected chi connectivity index (χ2v) is 5.59. The standard InChI is InChI=1S/C19H20ClNO/c1-3-15-8-10-16(11-9-15)14(2)21-19(22)13-12-17-6-4-5-7-18(17)20/h4-14H,3H2,1-2H3,(H,21,22)/b13-12+/t14-/m0/s1. The number of nitrogens with one attached hydrogen (secondary N) is 1. The first kappa shape index (κ1) is 16.3. The van der Waals surface area contributed by atoms with E-state index in [4.69, 9.17) is 11.6 Å². The average Bonchev–Trinajstić information content (AvgIpc) is 2.54. The third kappa shape index (κ3) is 4.47. The molecule has 0 unspecified atom stereocenters. The molecule has 3 heteroatoms. The molecule has 1 atom stereocenters. The fourth-order valence-corrected chi connectivity index (χ4v) is 2.36. The minimum absolute atomic E-state index is 0.0331. The number of hydrogen-bond acceptors (Lipinski definition) is 1. The number of amides is 1. The predicted molar refractivity (Wildman–Crippen MR) is 92.9 cm³/mol. The minimum Gasteiger partial charge on any atom is -0.346 e. The highest BCUT2D eigenvalue weighted by molar-refractivity contribution is 6.32. The largest absolute Gasteiger partial charge is 0.346 e. The van der Waals surface area contributed by atoms with E-state index in [0.29, 0.717) is 5.02 Å². The molecule has 0 aromatic heterocycles. The Labute approximate surface area is 136 Å². The van der Waals surface area contributed by atoms with E-state index in [-0.39, 0.29) is 11.9 Å². The molecule has 0 bridgehead atoms. The second-order valence-electron chi connectivity index (χ2n) is 5.18. The molecule has 114 valence electrons. The van der Waals surface area contributed by atoms with Crippen LogP contribution in [0.5, 0.6) is 0 Å². The molecule has 0 spiro atoms. The van der Waals surface area contributed by atoms with Crippen molar-refractivity contribution in [3.8, 4) is 0 Å². The highest BCUT2D eigenvalue weighted by atomic mass is 35.5. The van der Waals surface area contributed by atoms with E-state index in [9.17, 15) is 4.79 Å². The summed E-state index contributed by atoms with van der Waals surface area (Å²) in [7, 11) is 0. The zero-order chi connectivity index (χ0) is 15.9. The molecule has 0 saturated heterocycles. The van der Waals surface area contributed by atoms with Crippen LogP contribution in [0.3, 0.4) is 0 Å². The Morgan fingerprint density at radius 1 is 1.18 bits per heavy atom. The van der Waals surface area contributed by atoms with Crippen LogP contribution in [0, 0.1) is 0 Å². The highest BCUT2D eigenvalue weighted by Crippen LogP contribution is 2.17. The summed E-state index contributed by atoms with van der Waals surface area (Å²) in [5.74, 6) is -0.132. The van der Waals surface area contributed by atoms with E-state index in [2.05, 4.69) is 36.5 Å². The smallest absolute Gasteiger partial charge is 0.244 e. The van der Waals surface area contributed by atoms with Crippen molar-refractivity contribution in [2.75, 3.05) is 0 Å². The molecule has 0 aliphatic rings. The predicted octanol–water partition coefficient (Wildman–Crippen LogP) is 4.79. The molecule has 0 aliphatic carbocycles. The van der Waals surface area contributed by atoms with Gasteiger partial charge in [0.1, 0.15) is 0 Å². The molecule has 0 radical (unpaired) electrons. The Bertz CT molecular complexity index is 661. The van der Waals surface area contributed by atoms with Crippen molar-refractivity contribution in [3.63, 3.8) is 0 Å². The zero-order valence-corrected chi connectivity index (χ0v) is 13.6. The quantitative estimate of drug-likeness (QED) is 0.790. The molecule has 22 heavy (non-hydrogen) atoms. The Balaban J connectivity index is 1.97. The van der Waals surface area contributed by atoms with Gasteiger partial charge in [0.05, 0.1) is 6.04 Å². The highest BCUT2D eigenvalue weighted by Gasteiger charge is 2.07. The van der Waals surface area contributed by atoms with Crippen molar-refractivity contribution in [2.24, 2.45) is 0 Å². The maximum atomic E-state index is 12.0. The molecule has 1 amide bonds. The van der Waals surface area contributed by atoms with Gasteiger partial charge in [-0.1, -0.05) is 61.0 Å². The number of benzene rings is 2. The van der Waals surface area contributed by atoms with Gasteiger partial charge in [0.25, 0.3) is 0 Å². The summed E-state index contributed by atoms with van der Waals surface area (Å²) in [6.07, 6.45) is 4.25. The van der Waals surface area contributed by atoms with Gasteiger partial charge < -0.3 is 5.32 Å². The van der Waals surface area contributed by atoms with Crippen LogP contribution in [0.1, 0.15) is 36.6 Å². The fourth-order valence-electron chi connectivity index (χ4n) is 2.16. The normalized spacial score (nSPS) is 12.3. The van der Waals surface area contributed by atoms with Crippen molar-refractivity contribution in [1.82, 2.24) is 5.32 Å². The lowest BCUT2D eigenvalue weighted by Crippen LogP contribution is -2.24. The van der Waals surface area contributed by atoms with Gasteiger partial charge >= 0.3 is 0 Å². The van der Waals surface area contributed by atoms with Crippen LogP contribution in [-0.4, -0.2) is 5.91 Å². The van der Waals surface area contributed by atoms with Crippen molar-refractivity contribution in [1.29, 1.82) is 0 Å². The van der Waals surface area contributed by atoms with Crippen LogP contribution >= 0.6 is 11.6 Å². The van der Waals surface area contributed by atoms with E-state index in [1.54, 1.807) is 12.1 Å². The maximum Gasteiger partial charge on any atom is 0.244 e. The molecule has 0 aliphatic heterocycles. The van der Waals surface area contributed by atoms with Gasteiger partial charge in [-0.2, -0.15) is 0 Å². The average molecular weight is 314 g/mol. The monoisotopic (exact) mass is 313 g/mol. The molecule has 0 fully saturated rings. The van der Waals surface area contributed by atoms with Crippen molar-refractivity contribution in [3.05, 3.63) is 76.3 Å². The molecular formula is C19H20ClNO. The van der Waals surface area contributed by atoms with Crippen LogP contribution in [-0.2, 0) is 11.2 Å². The summed E-state index contributed by atoms with van der Waals surface area (Å²) >= 11 is 6.05. The lowest BCUT2D eigenvalue weighted by Gasteiger charge is -2.13. The van der Waals surface area contributed by atoms with E-state index in [1.165, 1.54) is 11.6 Å². The second kappa shape index (κ2) is 7.81. The molecule has 2 aromatic carbocycles. The summed E-state index contributed by atoms with van der Waals surface area (Å²) in [4.78, 5) is 12.0. The number of aryl methyl sites for hydroxylation is 1. The number of hydrogen-bond donors (Lipinski definition) is 1. The summed E-state index contributed by atoms with van der Waals surface area (Å²) in [6.45, 7) is 4.10. The number of carbonyl (C=O) groups is 1. The molecular weight excluding hydrogens is 294 g/mol. The number of rotatable bonds is 5. The third-order valence-electron chi connectivity index (χ3n) is 3.57. The van der Waals surface area contributed by atoms with Gasteiger partial charge in [0, 0.05) is 11.1 Å². The fraction of sp³-hybridized carbons (Fsp3) is 0.211. The third-order valence-corrected chi connectivity index (χ3v) is 3.91. The first-order valence-corrected chi connectivity index (χ1v) is 7.80. The molecule has 2 aromatic rings. The lowest BCUT2D eigenvalue weighted by molar-refractivity contribution is -0.117. The van der Waals surface area contributed by atoms with Crippen LogP contribution in [0.25, 0.3) is 6.08 Å². The molecule has 2 nitrogen and oxygen atoms in total. The number of halogens is 1. The summed E-state index contributed by atoms with van der Waals surface area (Å²) < 4.78 is 0. The Morgan fingerprint density at radius 2 is 1.86 bits per heavy atom. The summed E-state index contributed by atoms with van der Waals surface area (Å²) in [5, 5.41) is 3.59. The van der Waals surface area contributed by atoms with E-state index < -0.39 is 0 Å². The molecule has 0 saturated carbocycles. The van der Waals surface area contributed by atoms with Crippen molar-refractivity contribution in [2.45, 2.75) is 26.3 Å². The molecule has 1 N–H and O–H groups in total.